The Labute approximate surface area is 430 Å². The largest absolute Gasteiger partial charge is 0.445 e. The van der Waals surface area contributed by atoms with Gasteiger partial charge in [0.05, 0.1) is 35.0 Å². The number of anilines is 3. The average Bonchev–Trinajstić information content (AvgIpc) is 4.18. The number of nitrogens with one attached hydrogen (secondary N) is 6. The molecule has 0 spiro atoms. The van der Waals surface area contributed by atoms with Gasteiger partial charge in [0, 0.05) is 75.3 Å². The second kappa shape index (κ2) is 23.6. The maximum absolute atomic E-state index is 15.0. The SMILES string of the molecule is CNc1cc(F)cc2c1[nH]c1nc(Oc3cnc(C)nc3)nc(N3C[C@H]4CCN(C(=O)OCc5ccc(NC(=O)[C@H](CCCNC(N)=O)NC(=O)[C@@H](NC(=O)CCCCCN6C(=O)C=CC6=O)C(C)C)cc5)[C@H]4C3)c12. The van der Waals surface area contributed by atoms with Crippen LogP contribution in [0.5, 0.6) is 11.8 Å². The third-order valence-electron chi connectivity index (χ3n) is 13.4. The lowest BCUT2D eigenvalue weighted by Gasteiger charge is -2.25. The second-order valence-corrected chi connectivity index (χ2v) is 19.1. The number of aromatic nitrogens is 5. The van der Waals surface area contributed by atoms with Crippen molar-refractivity contribution in [3.8, 4) is 11.8 Å². The van der Waals surface area contributed by atoms with Crippen molar-refractivity contribution in [3.63, 3.8) is 0 Å². The van der Waals surface area contributed by atoms with Crippen molar-refractivity contribution in [1.29, 1.82) is 0 Å². The minimum atomic E-state index is -1.06. The molecule has 3 aromatic heterocycles. The average molecular weight is 1030 g/mol. The molecule has 0 bridgehead atoms. The normalized spacial score (nSPS) is 16.9. The number of aromatic amines is 1. The number of carbonyl (C=O) groups excluding carboxylic acids is 7. The highest BCUT2D eigenvalue weighted by molar-refractivity contribution is 6.15. The van der Waals surface area contributed by atoms with E-state index in [-0.39, 0.29) is 74.1 Å². The van der Waals surface area contributed by atoms with Crippen molar-refractivity contribution in [1.82, 2.24) is 50.7 Å². The number of imide groups is 1. The van der Waals surface area contributed by atoms with E-state index in [1.165, 1.54) is 36.7 Å². The van der Waals surface area contributed by atoms with Crippen molar-refractivity contribution >= 4 is 80.8 Å². The summed E-state index contributed by atoms with van der Waals surface area (Å²) in [5, 5.41) is 15.1. The molecule has 8 rings (SSSR count). The van der Waals surface area contributed by atoms with Gasteiger partial charge in [-0.1, -0.05) is 32.4 Å². The van der Waals surface area contributed by atoms with Gasteiger partial charge in [-0.05, 0) is 74.8 Å². The first-order chi connectivity index (χ1) is 36.0. The number of hydrogen-bond donors (Lipinski definition) is 7. The number of halogens is 1. The van der Waals surface area contributed by atoms with Gasteiger partial charge >= 0.3 is 18.1 Å². The first-order valence-electron chi connectivity index (χ1n) is 25.0. The number of nitrogens with two attached hydrogens (primary N) is 1. The number of unbranched alkanes of at least 4 members (excludes halogenated alkanes) is 2. The predicted octanol–water partition coefficient (Wildman–Crippen LogP) is 4.53. The van der Waals surface area contributed by atoms with Crippen LogP contribution < -0.4 is 42.0 Å². The zero-order valence-corrected chi connectivity index (χ0v) is 42.1. The van der Waals surface area contributed by atoms with Gasteiger partial charge in [0.2, 0.25) is 17.7 Å². The van der Waals surface area contributed by atoms with Crippen LogP contribution in [0.15, 0.2) is 60.9 Å². The summed E-state index contributed by atoms with van der Waals surface area (Å²) in [6.07, 6.45) is 7.83. The van der Waals surface area contributed by atoms with Crippen LogP contribution in [0.25, 0.3) is 21.9 Å². The summed E-state index contributed by atoms with van der Waals surface area (Å²) in [6, 6.07) is 6.61. The van der Waals surface area contributed by atoms with Crippen LogP contribution in [-0.4, -0.2) is 134 Å². The quantitative estimate of drug-likeness (QED) is 0.0370. The van der Waals surface area contributed by atoms with E-state index in [0.717, 1.165) is 11.3 Å². The number of aryl methyl sites for hydroxylation is 1. The number of fused-ring (bicyclic) bond motifs is 4. The lowest BCUT2D eigenvalue weighted by Crippen LogP contribution is -2.54. The Morgan fingerprint density at radius 2 is 1.68 bits per heavy atom. The first kappa shape index (κ1) is 52.9. The topological polar surface area (TPSA) is 301 Å². The van der Waals surface area contributed by atoms with Gasteiger partial charge in [0.15, 0.2) is 5.75 Å². The minimum absolute atomic E-state index is 0.0367. The van der Waals surface area contributed by atoms with Crippen molar-refractivity contribution in [3.05, 3.63) is 78.1 Å². The molecule has 2 saturated heterocycles. The third kappa shape index (κ3) is 12.9. The van der Waals surface area contributed by atoms with Crippen LogP contribution in [0, 0.1) is 24.6 Å². The number of benzene rings is 2. The monoisotopic (exact) mass is 1030 g/mol. The van der Waals surface area contributed by atoms with Crippen LogP contribution in [0.1, 0.15) is 70.2 Å². The molecule has 0 radical (unpaired) electrons. The molecule has 24 heteroatoms. The molecule has 2 aromatic carbocycles. The number of amides is 8. The Hall–Kier alpha value is -8.44. The Balaban J connectivity index is 0.864. The van der Waals surface area contributed by atoms with Crippen LogP contribution in [0.3, 0.4) is 0 Å². The Morgan fingerprint density at radius 1 is 0.933 bits per heavy atom. The molecule has 5 aromatic rings. The molecule has 396 valence electrons. The van der Waals surface area contributed by atoms with Gasteiger partial charge in [-0.15, -0.1) is 0 Å². The van der Waals surface area contributed by atoms with Crippen molar-refractivity contribution in [2.45, 2.75) is 90.4 Å². The maximum atomic E-state index is 15.0. The number of H-pyrrole nitrogens is 1. The van der Waals surface area contributed by atoms with Crippen LogP contribution >= 0.6 is 0 Å². The van der Waals surface area contributed by atoms with Crippen molar-refractivity contribution < 1.29 is 47.4 Å². The number of ether oxygens (including phenoxy) is 2. The fourth-order valence-corrected chi connectivity index (χ4v) is 9.55. The summed E-state index contributed by atoms with van der Waals surface area (Å²) >= 11 is 0. The Morgan fingerprint density at radius 3 is 2.39 bits per heavy atom. The van der Waals surface area contributed by atoms with Gasteiger partial charge in [-0.3, -0.25) is 28.9 Å². The molecular formula is C51H61FN14O9. The molecule has 8 N–H and O–H groups in total. The smallest absolute Gasteiger partial charge is 0.410 e. The van der Waals surface area contributed by atoms with Crippen LogP contribution in [-0.2, 0) is 35.3 Å². The van der Waals surface area contributed by atoms with E-state index < -0.39 is 41.8 Å². The summed E-state index contributed by atoms with van der Waals surface area (Å²) in [7, 11) is 1.71. The number of carbonyl (C=O) groups is 7. The van der Waals surface area contributed by atoms with E-state index >= 15 is 4.39 Å². The summed E-state index contributed by atoms with van der Waals surface area (Å²) < 4.78 is 26.9. The zero-order chi connectivity index (χ0) is 53.3. The van der Waals surface area contributed by atoms with Crippen LogP contribution in [0.4, 0.5) is 31.2 Å². The number of likely N-dealkylation sites (tertiary alicyclic amines) is 1. The Bertz CT molecular complexity index is 2970. The number of urea groups is 1. The first-order valence-corrected chi connectivity index (χ1v) is 25.0. The summed E-state index contributed by atoms with van der Waals surface area (Å²) in [5.41, 5.74) is 7.91. The van der Waals surface area contributed by atoms with Gasteiger partial charge < -0.3 is 56.6 Å². The van der Waals surface area contributed by atoms with Crippen molar-refractivity contribution in [2.75, 3.05) is 55.3 Å². The van der Waals surface area contributed by atoms with E-state index in [1.54, 1.807) is 57.0 Å². The lowest BCUT2D eigenvalue weighted by atomic mass is 10.0. The number of primary amides is 1. The standard InChI is InChI=1S/C51H61FN14O9/c1-28(2)43(60-39(67)10-6-5-7-19-66-40(68)15-16-41(66)69)48(71)59-36(9-8-18-55-49(53)72)47(70)58-33-13-11-30(12-14-33)27-74-51(73)65-20-17-31-25-64(26-38(31)65)46-42-35-21-32(52)22-37(54-4)44(35)61-45(42)62-50(63-46)75-34-23-56-29(3)57-24-34/h11-16,21-24,28,31,36,38,43,54H,5-10,17-20,25-27H2,1-4H3,(H,58,70)(H,59,71)(H,60,67)(H3,53,55,72)(H,61,62,63)/t31-,36+,38+,43+/m1/s1. The number of rotatable bonds is 22. The molecule has 23 nitrogen and oxygen atoms in total. The summed E-state index contributed by atoms with van der Waals surface area (Å²) in [6.45, 7) is 7.10. The third-order valence-corrected chi connectivity index (χ3v) is 13.4. The van der Waals surface area contributed by atoms with Gasteiger partial charge in [0.1, 0.15) is 41.8 Å². The summed E-state index contributed by atoms with van der Waals surface area (Å²) in [5.74, 6) is -1.46. The van der Waals surface area contributed by atoms with E-state index in [2.05, 4.69) is 51.4 Å². The fraction of sp³-hybridized carbons (Fsp3) is 0.431. The molecule has 3 aliphatic rings. The maximum Gasteiger partial charge on any atom is 0.410 e. The Kier molecular flexibility index (Phi) is 16.6. The minimum Gasteiger partial charge on any atom is -0.445 e. The molecule has 6 heterocycles. The van der Waals surface area contributed by atoms with Crippen molar-refractivity contribution in [2.24, 2.45) is 17.6 Å². The highest BCUT2D eigenvalue weighted by atomic mass is 19.1. The molecule has 8 amide bonds. The molecular weight excluding hydrogens is 972 g/mol. The van der Waals surface area contributed by atoms with E-state index in [0.29, 0.717) is 102 Å². The predicted molar refractivity (Wildman–Crippen MR) is 274 cm³/mol. The lowest BCUT2D eigenvalue weighted by molar-refractivity contribution is -0.137. The second-order valence-electron chi connectivity index (χ2n) is 19.1. The van der Waals surface area contributed by atoms with Gasteiger partial charge in [0.25, 0.3) is 11.8 Å². The molecule has 2 fully saturated rings. The van der Waals surface area contributed by atoms with Gasteiger partial charge in [-0.2, -0.15) is 9.97 Å². The molecule has 75 heavy (non-hydrogen) atoms. The number of hydrogen-bond acceptors (Lipinski definition) is 15. The van der Waals surface area contributed by atoms with E-state index in [4.69, 9.17) is 20.2 Å². The zero-order valence-electron chi connectivity index (χ0n) is 42.1. The summed E-state index contributed by atoms with van der Waals surface area (Å²) in [4.78, 5) is 115. The highest BCUT2D eigenvalue weighted by Gasteiger charge is 2.45. The molecule has 4 atom stereocenters. The van der Waals surface area contributed by atoms with E-state index in [1.807, 2.05) is 0 Å². The molecule has 0 unspecified atom stereocenters. The highest BCUT2D eigenvalue weighted by Crippen LogP contribution is 2.41. The fourth-order valence-electron chi connectivity index (χ4n) is 9.55. The number of nitrogens with zero attached hydrogens (tertiary/aromatic N) is 7. The molecule has 3 aliphatic heterocycles. The van der Waals surface area contributed by atoms with Gasteiger partial charge in [-0.25, -0.2) is 23.9 Å². The molecule has 0 saturated carbocycles. The van der Waals surface area contributed by atoms with E-state index in [9.17, 15) is 33.6 Å². The van der Waals surface area contributed by atoms with Crippen LogP contribution in [0.2, 0.25) is 0 Å². The molecule has 0 aliphatic carbocycles.